The van der Waals surface area contributed by atoms with E-state index in [-0.39, 0.29) is 5.56 Å². The molecule has 1 aromatic heterocycles. The third kappa shape index (κ3) is 3.13. The molecular formula is C13H19N3O3. The van der Waals surface area contributed by atoms with Crippen LogP contribution in [0.3, 0.4) is 0 Å². The topological polar surface area (TPSA) is 95.1 Å². The van der Waals surface area contributed by atoms with Gasteiger partial charge in [0, 0.05) is 12.6 Å². The normalized spacial score (nSPS) is 26.9. The van der Waals surface area contributed by atoms with Gasteiger partial charge in [-0.3, -0.25) is 9.59 Å². The van der Waals surface area contributed by atoms with Gasteiger partial charge in [0.1, 0.15) is 5.82 Å². The molecule has 104 valence electrons. The Hall–Kier alpha value is -1.85. The maximum Gasteiger partial charge on any atom is 0.311 e. The highest BCUT2D eigenvalue weighted by molar-refractivity contribution is 5.75. The predicted molar refractivity (Wildman–Crippen MR) is 71.0 cm³/mol. The summed E-state index contributed by atoms with van der Waals surface area (Å²) in [5, 5.41) is 12.5. The van der Waals surface area contributed by atoms with E-state index in [4.69, 9.17) is 0 Å². The Morgan fingerprint density at radius 1 is 1.58 bits per heavy atom. The summed E-state index contributed by atoms with van der Waals surface area (Å²) in [5.41, 5.74) is -0.990. The number of hydrogen-bond acceptors (Lipinski definition) is 4. The quantitative estimate of drug-likeness (QED) is 0.766. The van der Waals surface area contributed by atoms with Gasteiger partial charge in [-0.25, -0.2) is 4.98 Å². The van der Waals surface area contributed by atoms with Crippen LogP contribution in [0.2, 0.25) is 0 Å². The van der Waals surface area contributed by atoms with E-state index in [1.165, 1.54) is 12.4 Å². The van der Waals surface area contributed by atoms with Crippen molar-refractivity contribution in [2.45, 2.75) is 32.6 Å². The van der Waals surface area contributed by atoms with Crippen LogP contribution in [0.1, 0.15) is 32.6 Å². The molecule has 0 saturated heterocycles. The van der Waals surface area contributed by atoms with Crippen LogP contribution in [0.4, 0.5) is 5.82 Å². The second kappa shape index (κ2) is 5.42. The molecule has 0 unspecified atom stereocenters. The maximum absolute atomic E-state index is 11.5. The Kier molecular flexibility index (Phi) is 3.87. The van der Waals surface area contributed by atoms with E-state index >= 15 is 0 Å². The molecule has 0 aromatic carbocycles. The Labute approximate surface area is 111 Å². The van der Waals surface area contributed by atoms with Crippen molar-refractivity contribution >= 4 is 11.8 Å². The fourth-order valence-corrected chi connectivity index (χ4v) is 2.51. The van der Waals surface area contributed by atoms with E-state index in [9.17, 15) is 14.7 Å². The summed E-state index contributed by atoms with van der Waals surface area (Å²) >= 11 is 0. The molecule has 1 saturated carbocycles. The van der Waals surface area contributed by atoms with Gasteiger partial charge in [-0.15, -0.1) is 0 Å². The number of H-pyrrole nitrogens is 1. The van der Waals surface area contributed by atoms with Crippen LogP contribution >= 0.6 is 0 Å². The first-order valence-electron chi connectivity index (χ1n) is 6.54. The number of nitrogens with one attached hydrogen (secondary N) is 2. The molecule has 0 aliphatic heterocycles. The SMILES string of the molecule is CC1CCC(CNc2cc(=O)[nH]cn2)(C(=O)O)CC1. The molecule has 6 nitrogen and oxygen atoms in total. The van der Waals surface area contributed by atoms with Crippen LogP contribution in [0.25, 0.3) is 0 Å². The second-order valence-corrected chi connectivity index (χ2v) is 5.42. The lowest BCUT2D eigenvalue weighted by Gasteiger charge is -2.35. The Bertz CT molecular complexity index is 504. The van der Waals surface area contributed by atoms with Gasteiger partial charge in [-0.05, 0) is 31.6 Å². The van der Waals surface area contributed by atoms with Crippen LogP contribution < -0.4 is 10.9 Å². The zero-order valence-corrected chi connectivity index (χ0v) is 11.0. The monoisotopic (exact) mass is 265 g/mol. The molecule has 0 amide bonds. The van der Waals surface area contributed by atoms with E-state index in [1.807, 2.05) is 0 Å². The highest BCUT2D eigenvalue weighted by Gasteiger charge is 2.41. The molecule has 2 rings (SSSR count). The Balaban J connectivity index is 2.06. The first kappa shape index (κ1) is 13.6. The molecule has 0 spiro atoms. The van der Waals surface area contributed by atoms with Gasteiger partial charge in [-0.1, -0.05) is 6.92 Å². The number of hydrogen-bond donors (Lipinski definition) is 3. The largest absolute Gasteiger partial charge is 0.481 e. The summed E-state index contributed by atoms with van der Waals surface area (Å²) < 4.78 is 0. The van der Waals surface area contributed by atoms with Gasteiger partial charge in [0.25, 0.3) is 5.56 Å². The van der Waals surface area contributed by atoms with Crippen molar-refractivity contribution in [2.75, 3.05) is 11.9 Å². The minimum absolute atomic E-state index is 0.251. The lowest BCUT2D eigenvalue weighted by molar-refractivity contribution is -0.150. The number of carboxylic acids is 1. The maximum atomic E-state index is 11.5. The van der Waals surface area contributed by atoms with Crippen molar-refractivity contribution in [3.8, 4) is 0 Å². The lowest BCUT2D eigenvalue weighted by Crippen LogP contribution is -2.41. The van der Waals surface area contributed by atoms with Crippen molar-refractivity contribution in [3.05, 3.63) is 22.7 Å². The number of aromatic nitrogens is 2. The van der Waals surface area contributed by atoms with Gasteiger partial charge in [0.2, 0.25) is 0 Å². The summed E-state index contributed by atoms with van der Waals surface area (Å²) in [5.74, 6) is 0.241. The third-order valence-electron chi connectivity index (χ3n) is 3.97. The Morgan fingerprint density at radius 3 is 2.84 bits per heavy atom. The van der Waals surface area contributed by atoms with Gasteiger partial charge in [0.15, 0.2) is 0 Å². The first-order valence-corrected chi connectivity index (χ1v) is 6.54. The number of aromatic amines is 1. The fourth-order valence-electron chi connectivity index (χ4n) is 2.51. The predicted octanol–water partition coefficient (Wildman–Crippen LogP) is 1.46. The molecular weight excluding hydrogens is 246 g/mol. The van der Waals surface area contributed by atoms with Gasteiger partial charge in [0.05, 0.1) is 11.7 Å². The number of nitrogens with zero attached hydrogens (tertiary/aromatic N) is 1. The molecule has 0 atom stereocenters. The molecule has 1 fully saturated rings. The zero-order chi connectivity index (χ0) is 13.9. The Morgan fingerprint density at radius 2 is 2.26 bits per heavy atom. The standard InChI is InChI=1S/C13H19N3O3/c1-9-2-4-13(5-3-9,12(18)19)7-14-10-6-11(17)16-8-15-10/h6,8-9H,2-5,7H2,1H3,(H,18,19)(H2,14,15,16,17). The molecule has 1 aliphatic carbocycles. The average Bonchev–Trinajstić information content (AvgIpc) is 2.38. The van der Waals surface area contributed by atoms with Crippen molar-refractivity contribution in [2.24, 2.45) is 11.3 Å². The molecule has 1 aliphatic rings. The first-order chi connectivity index (χ1) is 9.02. The van der Waals surface area contributed by atoms with E-state index in [0.29, 0.717) is 31.1 Å². The fraction of sp³-hybridized carbons (Fsp3) is 0.615. The molecule has 1 aromatic rings. The molecule has 6 heteroatoms. The van der Waals surface area contributed by atoms with Crippen LogP contribution in [-0.2, 0) is 4.79 Å². The van der Waals surface area contributed by atoms with E-state index in [2.05, 4.69) is 22.2 Å². The summed E-state index contributed by atoms with van der Waals surface area (Å²) in [6.07, 6.45) is 4.49. The number of carboxylic acid groups (broad SMARTS) is 1. The van der Waals surface area contributed by atoms with Crippen molar-refractivity contribution < 1.29 is 9.90 Å². The molecule has 1 heterocycles. The van der Waals surface area contributed by atoms with Gasteiger partial charge < -0.3 is 15.4 Å². The molecule has 3 N–H and O–H groups in total. The van der Waals surface area contributed by atoms with Crippen LogP contribution in [0, 0.1) is 11.3 Å². The third-order valence-corrected chi connectivity index (χ3v) is 3.97. The summed E-state index contributed by atoms with van der Waals surface area (Å²) in [4.78, 5) is 29.1. The smallest absolute Gasteiger partial charge is 0.311 e. The molecule has 0 radical (unpaired) electrons. The minimum Gasteiger partial charge on any atom is -0.481 e. The lowest BCUT2D eigenvalue weighted by atomic mass is 9.71. The van der Waals surface area contributed by atoms with Gasteiger partial charge in [-0.2, -0.15) is 0 Å². The summed E-state index contributed by atoms with van der Waals surface area (Å²) in [6, 6.07) is 1.33. The summed E-state index contributed by atoms with van der Waals surface area (Å²) in [7, 11) is 0. The number of anilines is 1. The molecule has 0 bridgehead atoms. The van der Waals surface area contributed by atoms with Gasteiger partial charge >= 0.3 is 5.97 Å². The van der Waals surface area contributed by atoms with Crippen molar-refractivity contribution in [1.82, 2.24) is 9.97 Å². The highest BCUT2D eigenvalue weighted by atomic mass is 16.4. The van der Waals surface area contributed by atoms with Crippen LogP contribution in [-0.4, -0.2) is 27.6 Å². The van der Waals surface area contributed by atoms with E-state index in [1.54, 1.807) is 0 Å². The minimum atomic E-state index is -0.767. The highest BCUT2D eigenvalue weighted by Crippen LogP contribution is 2.39. The average molecular weight is 265 g/mol. The van der Waals surface area contributed by atoms with E-state index < -0.39 is 11.4 Å². The van der Waals surface area contributed by atoms with Crippen molar-refractivity contribution in [3.63, 3.8) is 0 Å². The molecule has 19 heavy (non-hydrogen) atoms. The second-order valence-electron chi connectivity index (χ2n) is 5.42. The zero-order valence-electron chi connectivity index (χ0n) is 11.0. The van der Waals surface area contributed by atoms with Crippen LogP contribution in [0.15, 0.2) is 17.2 Å². The number of carbonyl (C=O) groups is 1. The summed E-state index contributed by atoms with van der Waals surface area (Å²) in [6.45, 7) is 2.46. The number of aliphatic carboxylic acids is 1. The van der Waals surface area contributed by atoms with E-state index in [0.717, 1.165) is 12.8 Å². The number of rotatable bonds is 4. The van der Waals surface area contributed by atoms with Crippen molar-refractivity contribution in [1.29, 1.82) is 0 Å². The van der Waals surface area contributed by atoms with Crippen LogP contribution in [0.5, 0.6) is 0 Å².